The van der Waals surface area contributed by atoms with Crippen molar-refractivity contribution < 1.29 is 29.3 Å². The fraction of sp³-hybridized carbons (Fsp3) is 0.382. The van der Waals surface area contributed by atoms with Crippen molar-refractivity contribution in [1.29, 1.82) is 0 Å². The SMILES string of the molecule is CC(C)(C)c1ccc(C(=O)CCCN2CCC(OC(c3ccccc3)c3ccccc3)CC2)cc1.O=C(O)C(=O)O. The molecule has 4 rings (SSSR count). The maximum absolute atomic E-state index is 12.7. The van der Waals surface area contributed by atoms with Crippen LogP contribution in [0.3, 0.4) is 0 Å². The lowest BCUT2D eigenvalue weighted by Crippen LogP contribution is -2.38. The second-order valence-electron chi connectivity index (χ2n) is 11.3. The van der Waals surface area contributed by atoms with E-state index >= 15 is 0 Å². The highest BCUT2D eigenvalue weighted by molar-refractivity contribution is 6.27. The molecule has 218 valence electrons. The first-order valence-corrected chi connectivity index (χ1v) is 14.1. The lowest BCUT2D eigenvalue weighted by molar-refractivity contribution is -0.159. The van der Waals surface area contributed by atoms with Gasteiger partial charge in [0.1, 0.15) is 6.10 Å². The molecule has 0 aromatic heterocycles. The number of likely N-dealkylation sites (tertiary alicyclic amines) is 1. The van der Waals surface area contributed by atoms with E-state index in [2.05, 4.69) is 98.5 Å². The first kappa shape index (κ1) is 31.7. The molecule has 0 amide bonds. The molecule has 0 bridgehead atoms. The van der Waals surface area contributed by atoms with E-state index in [1.54, 1.807) is 0 Å². The number of nitrogens with zero attached hydrogens (tertiary/aromatic N) is 1. The summed E-state index contributed by atoms with van der Waals surface area (Å²) in [7, 11) is 0. The van der Waals surface area contributed by atoms with Gasteiger partial charge in [-0.3, -0.25) is 4.79 Å². The maximum atomic E-state index is 12.7. The van der Waals surface area contributed by atoms with Crippen molar-refractivity contribution in [3.05, 3.63) is 107 Å². The lowest BCUT2D eigenvalue weighted by Gasteiger charge is -2.34. The molecule has 1 fully saturated rings. The van der Waals surface area contributed by atoms with Crippen molar-refractivity contribution >= 4 is 17.7 Å². The number of carboxylic acid groups (broad SMARTS) is 2. The van der Waals surface area contributed by atoms with Gasteiger partial charge in [0.25, 0.3) is 0 Å². The Balaban J connectivity index is 0.000000696. The van der Waals surface area contributed by atoms with E-state index in [0.29, 0.717) is 6.42 Å². The predicted octanol–water partition coefficient (Wildman–Crippen LogP) is 6.37. The first-order valence-electron chi connectivity index (χ1n) is 14.1. The van der Waals surface area contributed by atoms with Crippen LogP contribution in [-0.4, -0.2) is 58.6 Å². The van der Waals surface area contributed by atoms with Crippen LogP contribution in [0.25, 0.3) is 0 Å². The fourth-order valence-electron chi connectivity index (χ4n) is 4.83. The van der Waals surface area contributed by atoms with Crippen LogP contribution in [0.1, 0.15) is 79.6 Å². The van der Waals surface area contributed by atoms with Gasteiger partial charge < -0.3 is 19.8 Å². The number of Topliss-reactive ketones (excluding diaryl/α,β-unsaturated/α-hetero) is 1. The lowest BCUT2D eigenvalue weighted by atomic mass is 9.86. The van der Waals surface area contributed by atoms with Crippen molar-refractivity contribution in [2.24, 2.45) is 0 Å². The topological polar surface area (TPSA) is 104 Å². The second kappa shape index (κ2) is 15.3. The highest BCUT2D eigenvalue weighted by atomic mass is 16.5. The van der Waals surface area contributed by atoms with Crippen LogP contribution < -0.4 is 0 Å². The van der Waals surface area contributed by atoms with E-state index in [9.17, 15) is 4.79 Å². The van der Waals surface area contributed by atoms with Crippen LogP contribution in [0, 0.1) is 0 Å². The van der Waals surface area contributed by atoms with E-state index < -0.39 is 11.9 Å². The zero-order valence-corrected chi connectivity index (χ0v) is 24.2. The number of carbonyl (C=O) groups is 3. The number of carboxylic acids is 2. The summed E-state index contributed by atoms with van der Waals surface area (Å²) in [6.45, 7) is 9.61. The second-order valence-corrected chi connectivity index (χ2v) is 11.3. The number of hydrogen-bond donors (Lipinski definition) is 2. The zero-order chi connectivity index (χ0) is 29.8. The third-order valence-electron chi connectivity index (χ3n) is 7.20. The summed E-state index contributed by atoms with van der Waals surface area (Å²) in [6.07, 6.45) is 3.78. The molecule has 3 aromatic rings. The molecule has 41 heavy (non-hydrogen) atoms. The average molecular weight is 560 g/mol. The number of ether oxygens (including phenoxy) is 1. The van der Waals surface area contributed by atoms with Crippen LogP contribution in [0.5, 0.6) is 0 Å². The molecule has 1 saturated heterocycles. The van der Waals surface area contributed by atoms with E-state index in [1.165, 1.54) is 16.7 Å². The van der Waals surface area contributed by atoms with Crippen LogP contribution in [-0.2, 0) is 19.7 Å². The summed E-state index contributed by atoms with van der Waals surface area (Å²) in [6, 6.07) is 29.2. The largest absolute Gasteiger partial charge is 0.473 e. The molecule has 0 radical (unpaired) electrons. The van der Waals surface area contributed by atoms with E-state index in [0.717, 1.165) is 44.5 Å². The number of aliphatic carboxylic acids is 2. The average Bonchev–Trinajstić information content (AvgIpc) is 2.97. The van der Waals surface area contributed by atoms with Gasteiger partial charge in [-0.15, -0.1) is 0 Å². The molecule has 0 aliphatic carbocycles. The molecule has 1 heterocycles. The summed E-state index contributed by atoms with van der Waals surface area (Å²) < 4.78 is 6.67. The summed E-state index contributed by atoms with van der Waals surface area (Å²) in [5, 5.41) is 14.8. The highest BCUT2D eigenvalue weighted by Gasteiger charge is 2.25. The summed E-state index contributed by atoms with van der Waals surface area (Å²) in [5.41, 5.74) is 4.61. The Kier molecular flexibility index (Phi) is 11.8. The third kappa shape index (κ3) is 10.3. The van der Waals surface area contributed by atoms with Crippen molar-refractivity contribution in [1.82, 2.24) is 4.90 Å². The van der Waals surface area contributed by atoms with Crippen molar-refractivity contribution in [3.63, 3.8) is 0 Å². The van der Waals surface area contributed by atoms with Crippen LogP contribution in [0.15, 0.2) is 84.9 Å². The molecule has 2 N–H and O–H groups in total. The van der Waals surface area contributed by atoms with Crippen LogP contribution in [0.2, 0.25) is 0 Å². The van der Waals surface area contributed by atoms with Crippen LogP contribution >= 0.6 is 0 Å². The third-order valence-corrected chi connectivity index (χ3v) is 7.20. The maximum Gasteiger partial charge on any atom is 0.414 e. The van der Waals surface area contributed by atoms with E-state index in [1.807, 2.05) is 12.1 Å². The molecular weight excluding hydrogens is 518 g/mol. The monoisotopic (exact) mass is 559 g/mol. The van der Waals surface area contributed by atoms with Gasteiger partial charge >= 0.3 is 11.9 Å². The summed E-state index contributed by atoms with van der Waals surface area (Å²) in [5.74, 6) is -3.40. The van der Waals surface area contributed by atoms with Crippen molar-refractivity contribution in [2.45, 2.75) is 64.1 Å². The van der Waals surface area contributed by atoms with Gasteiger partial charge in [0, 0.05) is 25.1 Å². The van der Waals surface area contributed by atoms with Gasteiger partial charge in [0.2, 0.25) is 0 Å². The Bertz CT molecular complexity index is 1190. The molecule has 0 saturated carbocycles. The standard InChI is InChI=1S/C32H39NO2.C2H2O4/c1-32(2,3)28-18-16-25(17-19-28)30(34)15-10-22-33-23-20-29(21-24-33)35-31(26-11-6-4-7-12-26)27-13-8-5-9-14-27;3-1(4)2(5)6/h4-9,11-14,16-19,29,31H,10,15,20-24H2,1-3H3;(H,3,4)(H,5,6). The normalized spacial score (nSPS) is 14.2. The first-order chi connectivity index (χ1) is 19.5. The van der Waals surface area contributed by atoms with Gasteiger partial charge in [-0.1, -0.05) is 106 Å². The Morgan fingerprint density at radius 3 is 1.73 bits per heavy atom. The quantitative estimate of drug-likeness (QED) is 0.232. The number of ketones is 1. The fourth-order valence-corrected chi connectivity index (χ4v) is 4.83. The Morgan fingerprint density at radius 2 is 1.29 bits per heavy atom. The van der Waals surface area contributed by atoms with Gasteiger partial charge in [0.05, 0.1) is 6.10 Å². The van der Waals surface area contributed by atoms with Gasteiger partial charge in [-0.2, -0.15) is 0 Å². The van der Waals surface area contributed by atoms with Crippen LogP contribution in [0.4, 0.5) is 0 Å². The molecule has 3 aromatic carbocycles. The predicted molar refractivity (Wildman–Crippen MR) is 159 cm³/mol. The van der Waals surface area contributed by atoms with Crippen molar-refractivity contribution in [3.8, 4) is 0 Å². The molecular formula is C34H41NO6. The number of carbonyl (C=O) groups excluding carboxylic acids is 1. The Hall–Kier alpha value is -3.81. The van der Waals surface area contributed by atoms with Gasteiger partial charge in [0.15, 0.2) is 5.78 Å². The number of piperidine rings is 1. The number of hydrogen-bond acceptors (Lipinski definition) is 5. The smallest absolute Gasteiger partial charge is 0.414 e. The van der Waals surface area contributed by atoms with Gasteiger partial charge in [-0.25, -0.2) is 9.59 Å². The van der Waals surface area contributed by atoms with Crippen molar-refractivity contribution in [2.75, 3.05) is 19.6 Å². The Morgan fingerprint density at radius 1 is 0.805 bits per heavy atom. The molecule has 0 atom stereocenters. The minimum absolute atomic E-state index is 0.0313. The molecule has 7 heteroatoms. The van der Waals surface area contributed by atoms with E-state index in [4.69, 9.17) is 24.5 Å². The zero-order valence-electron chi connectivity index (χ0n) is 24.2. The minimum Gasteiger partial charge on any atom is -0.473 e. The summed E-state index contributed by atoms with van der Waals surface area (Å²) >= 11 is 0. The molecule has 7 nitrogen and oxygen atoms in total. The van der Waals surface area contributed by atoms with Gasteiger partial charge in [-0.05, 0) is 47.9 Å². The number of rotatable bonds is 9. The molecule has 0 unspecified atom stereocenters. The Labute approximate surface area is 242 Å². The molecule has 1 aliphatic rings. The molecule has 0 spiro atoms. The number of benzene rings is 3. The minimum atomic E-state index is -1.82. The summed E-state index contributed by atoms with van der Waals surface area (Å²) in [4.78, 5) is 33.3. The van der Waals surface area contributed by atoms with E-state index in [-0.39, 0.29) is 23.4 Å². The molecule has 1 aliphatic heterocycles. The highest BCUT2D eigenvalue weighted by Crippen LogP contribution is 2.30.